The molecule has 0 spiro atoms. The molecule has 0 aromatic heterocycles. The van der Waals surface area contributed by atoms with Gasteiger partial charge in [0, 0.05) is 30.7 Å². The molecule has 0 N–H and O–H groups in total. The van der Waals surface area contributed by atoms with Gasteiger partial charge in [0.2, 0.25) is 0 Å². The van der Waals surface area contributed by atoms with Gasteiger partial charge >= 0.3 is 0 Å². The fraction of sp³-hybridized carbons (Fsp3) is 0.600. The molecule has 0 atom stereocenters. The molecule has 1 fully saturated rings. The topological polar surface area (TPSA) is 12.5 Å². The maximum atomic E-state index is 5.71. The molecule has 0 amide bonds. The van der Waals surface area contributed by atoms with Crippen LogP contribution in [0.3, 0.4) is 0 Å². The number of halogens is 1. The molecule has 0 unspecified atom stereocenters. The summed E-state index contributed by atoms with van der Waals surface area (Å²) in [7, 11) is 0. The second-order valence-electron chi connectivity index (χ2n) is 4.91. The summed E-state index contributed by atoms with van der Waals surface area (Å²) < 4.78 is 5.71. The van der Waals surface area contributed by atoms with Crippen LogP contribution in [0.4, 0.5) is 5.69 Å². The zero-order chi connectivity index (χ0) is 13.0. The van der Waals surface area contributed by atoms with Crippen LogP contribution in [-0.4, -0.2) is 25.8 Å². The lowest BCUT2D eigenvalue weighted by molar-refractivity contribution is 0.0459. The van der Waals surface area contributed by atoms with Crippen molar-refractivity contribution in [3.05, 3.63) is 29.3 Å². The molecule has 1 heterocycles. The molecule has 2 nitrogen and oxygen atoms in total. The molecule has 3 heteroatoms. The summed E-state index contributed by atoms with van der Waals surface area (Å²) in [6.07, 6.45) is 2.75. The van der Waals surface area contributed by atoms with Crippen LogP contribution in [0.15, 0.2) is 18.2 Å². The molecule has 1 aromatic carbocycles. The standard InChI is InChI=1S/C15H22BrNO/c1-3-18-14-6-8-17(9-7-14)15-5-4-12(2)10-13(15)11-16/h4-5,10,14H,3,6-9,11H2,1-2H3. The van der Waals surface area contributed by atoms with Crippen molar-refractivity contribution in [2.75, 3.05) is 24.6 Å². The Kier molecular flexibility index (Phi) is 5.07. The predicted octanol–water partition coefficient (Wildman–Crippen LogP) is 3.90. The van der Waals surface area contributed by atoms with E-state index in [-0.39, 0.29) is 0 Å². The lowest BCUT2D eigenvalue weighted by atomic mass is 10.0. The third kappa shape index (κ3) is 3.27. The van der Waals surface area contributed by atoms with Crippen LogP contribution in [0.2, 0.25) is 0 Å². The average molecular weight is 312 g/mol. The zero-order valence-corrected chi connectivity index (χ0v) is 12.9. The number of anilines is 1. The first kappa shape index (κ1) is 13.9. The summed E-state index contributed by atoms with van der Waals surface area (Å²) in [5.74, 6) is 0. The third-order valence-electron chi connectivity index (χ3n) is 3.56. The summed E-state index contributed by atoms with van der Waals surface area (Å²) in [6.45, 7) is 7.27. The van der Waals surface area contributed by atoms with Crippen molar-refractivity contribution in [1.29, 1.82) is 0 Å². The first-order valence-electron chi connectivity index (χ1n) is 6.76. The number of hydrogen-bond donors (Lipinski definition) is 0. The number of rotatable bonds is 4. The SMILES string of the molecule is CCOC1CCN(c2ccc(C)cc2CBr)CC1. The second-order valence-corrected chi connectivity index (χ2v) is 5.47. The highest BCUT2D eigenvalue weighted by Crippen LogP contribution is 2.27. The van der Waals surface area contributed by atoms with Gasteiger partial charge in [0.15, 0.2) is 0 Å². The van der Waals surface area contributed by atoms with Gasteiger partial charge in [-0.1, -0.05) is 33.6 Å². The largest absolute Gasteiger partial charge is 0.378 e. The number of nitrogens with zero attached hydrogens (tertiary/aromatic N) is 1. The van der Waals surface area contributed by atoms with Gasteiger partial charge in [-0.15, -0.1) is 0 Å². The van der Waals surface area contributed by atoms with Crippen LogP contribution in [0.5, 0.6) is 0 Å². The number of benzene rings is 1. The van der Waals surface area contributed by atoms with E-state index in [4.69, 9.17) is 4.74 Å². The monoisotopic (exact) mass is 311 g/mol. The molecular weight excluding hydrogens is 290 g/mol. The van der Waals surface area contributed by atoms with Crippen molar-refractivity contribution in [3.63, 3.8) is 0 Å². The van der Waals surface area contributed by atoms with E-state index in [1.54, 1.807) is 0 Å². The van der Waals surface area contributed by atoms with Crippen LogP contribution < -0.4 is 4.90 Å². The Hall–Kier alpha value is -0.540. The quantitative estimate of drug-likeness (QED) is 0.782. The molecule has 0 aliphatic carbocycles. The first-order valence-corrected chi connectivity index (χ1v) is 7.88. The maximum Gasteiger partial charge on any atom is 0.0608 e. The Bertz CT molecular complexity index is 386. The Morgan fingerprint density at radius 3 is 2.67 bits per heavy atom. The molecule has 0 saturated carbocycles. The molecule has 1 saturated heterocycles. The zero-order valence-electron chi connectivity index (χ0n) is 11.3. The fourth-order valence-corrected chi connectivity index (χ4v) is 3.08. The van der Waals surface area contributed by atoms with E-state index in [1.165, 1.54) is 16.8 Å². The van der Waals surface area contributed by atoms with Gasteiger partial charge in [0.1, 0.15) is 0 Å². The minimum atomic E-state index is 0.462. The van der Waals surface area contributed by atoms with E-state index in [0.717, 1.165) is 37.9 Å². The second kappa shape index (κ2) is 6.58. The van der Waals surface area contributed by atoms with Crippen molar-refractivity contribution < 1.29 is 4.74 Å². The minimum absolute atomic E-state index is 0.462. The van der Waals surface area contributed by atoms with Gasteiger partial charge in [-0.25, -0.2) is 0 Å². The van der Waals surface area contributed by atoms with E-state index in [1.807, 2.05) is 0 Å². The Balaban J connectivity index is 2.05. The summed E-state index contributed by atoms with van der Waals surface area (Å²) in [4.78, 5) is 2.49. The highest BCUT2D eigenvalue weighted by molar-refractivity contribution is 9.08. The third-order valence-corrected chi connectivity index (χ3v) is 4.17. The first-order chi connectivity index (χ1) is 8.74. The van der Waals surface area contributed by atoms with Crippen molar-refractivity contribution in [2.24, 2.45) is 0 Å². The lowest BCUT2D eigenvalue weighted by Gasteiger charge is -2.34. The van der Waals surface area contributed by atoms with Crippen LogP contribution in [0.1, 0.15) is 30.9 Å². The summed E-state index contributed by atoms with van der Waals surface area (Å²) in [5, 5.41) is 0.926. The predicted molar refractivity (Wildman–Crippen MR) is 80.7 cm³/mol. The molecule has 100 valence electrons. The van der Waals surface area contributed by atoms with Crippen LogP contribution in [0, 0.1) is 6.92 Å². The Morgan fingerprint density at radius 2 is 2.06 bits per heavy atom. The van der Waals surface area contributed by atoms with E-state index in [2.05, 4.69) is 52.9 Å². The average Bonchev–Trinajstić information content (AvgIpc) is 2.40. The van der Waals surface area contributed by atoms with Crippen molar-refractivity contribution in [2.45, 2.75) is 38.1 Å². The van der Waals surface area contributed by atoms with Gasteiger partial charge in [-0.2, -0.15) is 0 Å². The fourth-order valence-electron chi connectivity index (χ4n) is 2.63. The molecule has 0 bridgehead atoms. The molecule has 1 aliphatic rings. The molecule has 2 rings (SSSR count). The van der Waals surface area contributed by atoms with Gasteiger partial charge < -0.3 is 9.64 Å². The van der Waals surface area contributed by atoms with Crippen molar-refractivity contribution in [3.8, 4) is 0 Å². The normalized spacial score (nSPS) is 17.2. The van der Waals surface area contributed by atoms with Crippen LogP contribution in [-0.2, 0) is 10.1 Å². The van der Waals surface area contributed by atoms with E-state index in [9.17, 15) is 0 Å². The molecule has 18 heavy (non-hydrogen) atoms. The Labute approximate surface area is 118 Å². The summed E-state index contributed by atoms with van der Waals surface area (Å²) >= 11 is 3.59. The number of hydrogen-bond acceptors (Lipinski definition) is 2. The van der Waals surface area contributed by atoms with E-state index >= 15 is 0 Å². The number of ether oxygens (including phenoxy) is 1. The van der Waals surface area contributed by atoms with E-state index in [0.29, 0.717) is 6.10 Å². The number of piperidine rings is 1. The van der Waals surface area contributed by atoms with Crippen LogP contribution >= 0.6 is 15.9 Å². The molecule has 1 aromatic rings. The van der Waals surface area contributed by atoms with Gasteiger partial charge in [-0.05, 0) is 38.3 Å². The van der Waals surface area contributed by atoms with Crippen LogP contribution in [0.25, 0.3) is 0 Å². The van der Waals surface area contributed by atoms with Gasteiger partial charge in [0.25, 0.3) is 0 Å². The molecule has 1 aliphatic heterocycles. The van der Waals surface area contributed by atoms with Crippen molar-refractivity contribution in [1.82, 2.24) is 0 Å². The maximum absolute atomic E-state index is 5.71. The highest BCUT2D eigenvalue weighted by Gasteiger charge is 2.20. The van der Waals surface area contributed by atoms with Crippen molar-refractivity contribution >= 4 is 21.6 Å². The minimum Gasteiger partial charge on any atom is -0.378 e. The summed E-state index contributed by atoms with van der Waals surface area (Å²) in [6, 6.07) is 6.74. The molecule has 0 radical (unpaired) electrons. The lowest BCUT2D eigenvalue weighted by Crippen LogP contribution is -2.37. The summed E-state index contributed by atoms with van der Waals surface area (Å²) in [5.41, 5.74) is 4.11. The van der Waals surface area contributed by atoms with E-state index < -0.39 is 0 Å². The Morgan fingerprint density at radius 1 is 1.33 bits per heavy atom. The smallest absolute Gasteiger partial charge is 0.0608 e. The van der Waals surface area contributed by atoms with Gasteiger partial charge in [-0.3, -0.25) is 0 Å². The highest BCUT2D eigenvalue weighted by atomic mass is 79.9. The number of alkyl halides is 1. The number of aryl methyl sites for hydroxylation is 1. The molecular formula is C15H22BrNO. The van der Waals surface area contributed by atoms with Gasteiger partial charge in [0.05, 0.1) is 6.10 Å².